The van der Waals surface area contributed by atoms with Gasteiger partial charge in [-0.2, -0.15) is 18.3 Å². The lowest BCUT2D eigenvalue weighted by atomic mass is 9.83. The first-order chi connectivity index (χ1) is 19.0. The van der Waals surface area contributed by atoms with Gasteiger partial charge in [0.2, 0.25) is 17.7 Å². The summed E-state index contributed by atoms with van der Waals surface area (Å²) in [5.41, 5.74) is -0.905. The molecule has 2 aliphatic carbocycles. The molecule has 218 valence electrons. The molecule has 3 rings (SSSR count). The van der Waals surface area contributed by atoms with Crippen molar-refractivity contribution < 1.29 is 27.6 Å². The summed E-state index contributed by atoms with van der Waals surface area (Å²) in [6.07, 6.45) is 3.80. The Morgan fingerprint density at radius 3 is 2.60 bits per heavy atom. The molecule has 1 fully saturated rings. The van der Waals surface area contributed by atoms with E-state index in [9.17, 15) is 27.6 Å². The molecule has 0 bridgehead atoms. The van der Waals surface area contributed by atoms with Gasteiger partial charge < -0.3 is 20.9 Å². The molecule has 3 N–H and O–H groups in total. The molecular weight excluding hydrogens is 525 g/mol. The molecule has 2 atom stereocenters. The molecule has 1 saturated carbocycles. The van der Waals surface area contributed by atoms with Crippen LogP contribution in [-0.4, -0.2) is 70.8 Å². The Balaban J connectivity index is 1.78. The predicted molar refractivity (Wildman–Crippen MR) is 146 cm³/mol. The second-order valence-electron chi connectivity index (χ2n) is 10.0. The number of rotatable bonds is 11. The van der Waals surface area contributed by atoms with Crippen LogP contribution in [0.2, 0.25) is 0 Å². The highest BCUT2D eigenvalue weighted by Crippen LogP contribution is 2.30. The topological polar surface area (TPSA) is 108 Å². The number of hydrogen-bond acceptors (Lipinski definition) is 5. The minimum absolute atomic E-state index is 0.0327. The van der Waals surface area contributed by atoms with E-state index >= 15 is 0 Å². The zero-order valence-electron chi connectivity index (χ0n) is 23.1. The summed E-state index contributed by atoms with van der Waals surface area (Å²) in [4.78, 5) is 41.0. The third-order valence-corrected chi connectivity index (χ3v) is 7.05. The number of anilines is 1. The summed E-state index contributed by atoms with van der Waals surface area (Å²) in [5, 5.41) is 12.5. The second-order valence-corrected chi connectivity index (χ2v) is 10.0. The van der Waals surface area contributed by atoms with Gasteiger partial charge in [-0.25, -0.2) is 4.68 Å². The molecule has 3 amide bonds. The molecule has 0 aliphatic heterocycles. The van der Waals surface area contributed by atoms with E-state index in [1.165, 1.54) is 17.2 Å². The number of hydrogen-bond donors (Lipinski definition) is 3. The summed E-state index contributed by atoms with van der Waals surface area (Å²) < 4.78 is 41.2. The summed E-state index contributed by atoms with van der Waals surface area (Å²) in [7, 11) is 1.66. The van der Waals surface area contributed by atoms with Gasteiger partial charge in [-0.05, 0) is 51.1 Å². The summed E-state index contributed by atoms with van der Waals surface area (Å²) in [5.74, 6) is 4.23. The van der Waals surface area contributed by atoms with Gasteiger partial charge in [0.25, 0.3) is 0 Å². The average Bonchev–Trinajstić information content (AvgIpc) is 3.23. The zero-order valence-corrected chi connectivity index (χ0v) is 23.1. The predicted octanol–water partition coefficient (Wildman–Crippen LogP) is 3.47. The lowest BCUT2D eigenvalue weighted by molar-refractivity contribution is -0.140. The van der Waals surface area contributed by atoms with Gasteiger partial charge in [-0.3, -0.25) is 14.4 Å². The van der Waals surface area contributed by atoms with Crippen molar-refractivity contribution in [2.75, 3.05) is 25.5 Å². The van der Waals surface area contributed by atoms with Crippen LogP contribution < -0.4 is 16.0 Å². The lowest BCUT2D eigenvalue weighted by Crippen LogP contribution is -2.56. The minimum Gasteiger partial charge on any atom is -0.343 e. The maximum absolute atomic E-state index is 13.8. The highest BCUT2D eigenvalue weighted by atomic mass is 19.4. The molecule has 1 heterocycles. The molecule has 40 heavy (non-hydrogen) atoms. The monoisotopic (exact) mass is 562 g/mol. The van der Waals surface area contributed by atoms with E-state index in [4.69, 9.17) is 0 Å². The largest absolute Gasteiger partial charge is 0.416 e. The summed E-state index contributed by atoms with van der Waals surface area (Å²) >= 11 is 0. The number of nitrogens with zero attached hydrogens (tertiary/aromatic N) is 3. The Morgan fingerprint density at radius 1 is 1.23 bits per heavy atom. The van der Waals surface area contributed by atoms with Crippen molar-refractivity contribution in [1.82, 2.24) is 25.3 Å². The van der Waals surface area contributed by atoms with E-state index in [1.807, 2.05) is 6.92 Å². The number of nitrogens with one attached hydrogen (secondary N) is 3. The van der Waals surface area contributed by atoms with Crippen molar-refractivity contribution >= 4 is 29.2 Å². The van der Waals surface area contributed by atoms with Crippen LogP contribution in [0.1, 0.15) is 58.8 Å². The van der Waals surface area contributed by atoms with Crippen LogP contribution in [-0.2, 0) is 14.4 Å². The second kappa shape index (κ2) is 14.2. The van der Waals surface area contributed by atoms with Gasteiger partial charge in [0.15, 0.2) is 0 Å². The molecule has 1 aromatic rings. The SMILES string of the molecule is CCCN(CC(=O)Nc1ccnn1C1=CC(C(F)(F)F)=CCC#C1)C(=O)C(NC(=O)[C@H](C)NC)C1CCCCC1. The van der Waals surface area contributed by atoms with Crippen LogP contribution >= 0.6 is 0 Å². The van der Waals surface area contributed by atoms with Crippen LogP contribution in [0.4, 0.5) is 19.0 Å². The molecule has 9 nitrogen and oxygen atoms in total. The molecule has 0 aromatic carbocycles. The number of halogens is 3. The normalized spacial score (nSPS) is 17.4. The van der Waals surface area contributed by atoms with Gasteiger partial charge >= 0.3 is 6.18 Å². The van der Waals surface area contributed by atoms with Crippen LogP contribution in [0, 0.1) is 17.8 Å². The van der Waals surface area contributed by atoms with Gasteiger partial charge in [0.05, 0.1) is 24.4 Å². The molecular formula is C28H37F3N6O3. The van der Waals surface area contributed by atoms with Gasteiger partial charge in [-0.1, -0.05) is 38.2 Å². The van der Waals surface area contributed by atoms with Crippen LogP contribution in [0.15, 0.2) is 30.0 Å². The Hall–Kier alpha value is -3.59. The number of carbonyl (C=O) groups is 3. The standard InChI is InChI=1S/C28H37F3N6O3/c1-4-16-36(27(40)25(20-10-6-5-7-11-20)35-26(39)19(2)32-3)18-24(38)34-23-14-15-33-37(23)22-13-9-8-12-21(17-22)28(29,30)31/h12,14-15,17,19-20,25,32H,4-8,10-11,16,18H2,1-3H3,(H,34,38)(H,35,39)/t19-,25?/m0/s1. The third kappa shape index (κ3) is 8.21. The van der Waals surface area contributed by atoms with Gasteiger partial charge in [0, 0.05) is 19.0 Å². The molecule has 0 spiro atoms. The van der Waals surface area contributed by atoms with Crippen molar-refractivity contribution in [1.29, 1.82) is 0 Å². The molecule has 12 heteroatoms. The van der Waals surface area contributed by atoms with Crippen molar-refractivity contribution in [3.63, 3.8) is 0 Å². The third-order valence-electron chi connectivity index (χ3n) is 7.05. The van der Waals surface area contributed by atoms with E-state index in [0.29, 0.717) is 13.0 Å². The first-order valence-corrected chi connectivity index (χ1v) is 13.6. The first kappa shape index (κ1) is 30.9. The Labute approximate surface area is 232 Å². The molecule has 1 unspecified atom stereocenters. The number of allylic oxidation sites excluding steroid dienone is 4. The van der Waals surface area contributed by atoms with Gasteiger partial charge in [0.1, 0.15) is 17.6 Å². The van der Waals surface area contributed by atoms with Crippen LogP contribution in [0.5, 0.6) is 0 Å². The molecule has 0 saturated heterocycles. The van der Waals surface area contributed by atoms with Crippen LogP contribution in [0.25, 0.3) is 5.70 Å². The summed E-state index contributed by atoms with van der Waals surface area (Å²) in [6.45, 7) is 3.59. The molecule has 2 aliphatic rings. The minimum atomic E-state index is -4.56. The number of likely N-dealkylation sites (N-methyl/N-ethyl adjacent to an activating group) is 1. The number of carbonyl (C=O) groups excluding carboxylic acids is 3. The Morgan fingerprint density at radius 2 is 1.95 bits per heavy atom. The number of alkyl halides is 3. The number of aromatic nitrogens is 2. The summed E-state index contributed by atoms with van der Waals surface area (Å²) in [6, 6.07) is 0.196. The quantitative estimate of drug-likeness (QED) is 0.358. The first-order valence-electron chi connectivity index (χ1n) is 13.6. The maximum Gasteiger partial charge on any atom is 0.416 e. The molecule has 0 radical (unpaired) electrons. The highest BCUT2D eigenvalue weighted by Gasteiger charge is 2.35. The average molecular weight is 563 g/mol. The Bertz CT molecular complexity index is 1190. The van der Waals surface area contributed by atoms with Crippen molar-refractivity contribution in [3.8, 4) is 11.8 Å². The van der Waals surface area contributed by atoms with Gasteiger partial charge in [-0.15, -0.1) is 0 Å². The highest BCUT2D eigenvalue weighted by molar-refractivity contribution is 5.96. The van der Waals surface area contributed by atoms with E-state index in [1.54, 1.807) is 14.0 Å². The van der Waals surface area contributed by atoms with Crippen molar-refractivity contribution in [2.24, 2.45) is 5.92 Å². The van der Waals surface area contributed by atoms with Crippen molar-refractivity contribution in [3.05, 3.63) is 30.0 Å². The van der Waals surface area contributed by atoms with E-state index < -0.39 is 29.7 Å². The van der Waals surface area contributed by atoms with E-state index in [2.05, 4.69) is 32.9 Å². The lowest BCUT2D eigenvalue weighted by Gasteiger charge is -2.34. The fraction of sp³-hybridized carbons (Fsp3) is 0.571. The zero-order chi connectivity index (χ0) is 29.3. The van der Waals surface area contributed by atoms with E-state index in [0.717, 1.165) is 48.9 Å². The Kier molecular flexibility index (Phi) is 11.0. The van der Waals surface area contributed by atoms with Crippen LogP contribution in [0.3, 0.4) is 0 Å². The smallest absolute Gasteiger partial charge is 0.343 e. The maximum atomic E-state index is 13.8. The van der Waals surface area contributed by atoms with E-state index in [-0.39, 0.29) is 42.2 Å². The number of amides is 3. The van der Waals surface area contributed by atoms with Crippen molar-refractivity contribution in [2.45, 2.75) is 77.1 Å². The fourth-order valence-electron chi connectivity index (χ4n) is 4.79. The fourth-order valence-corrected chi connectivity index (χ4v) is 4.79. The molecule has 1 aromatic heterocycles.